The summed E-state index contributed by atoms with van der Waals surface area (Å²) in [5, 5.41) is 2.27. The number of hydrogen-bond donors (Lipinski definition) is 0. The molecule has 0 atom stereocenters. The van der Waals surface area contributed by atoms with Gasteiger partial charge in [0.05, 0.1) is 11.8 Å². The molecule has 0 amide bonds. The molecule has 0 saturated heterocycles. The minimum absolute atomic E-state index is 0.835. The van der Waals surface area contributed by atoms with Crippen LogP contribution in [0.2, 0.25) is 0 Å². The lowest BCUT2D eigenvalue weighted by Gasteiger charge is -2.05. The molecule has 0 radical (unpaired) electrons. The number of furan rings is 1. The quantitative estimate of drug-likeness (QED) is 0.494. The summed E-state index contributed by atoms with van der Waals surface area (Å²) >= 11 is 0. The lowest BCUT2D eigenvalue weighted by atomic mass is 10.0. The molecule has 3 heterocycles. The summed E-state index contributed by atoms with van der Waals surface area (Å²) in [5.74, 6) is 0. The first-order chi connectivity index (χ1) is 10.6. The first-order valence-electron chi connectivity index (χ1n) is 7.37. The monoisotopic (exact) mass is 289 g/mol. The van der Waals surface area contributed by atoms with Gasteiger partial charge in [0, 0.05) is 28.6 Å². The van der Waals surface area contributed by atoms with Crippen LogP contribution in [-0.4, -0.2) is 4.98 Å². The number of pyridine rings is 2. The lowest BCUT2D eigenvalue weighted by molar-refractivity contribution is -0.660. The van der Waals surface area contributed by atoms with Crippen molar-refractivity contribution in [2.75, 3.05) is 0 Å². The third kappa shape index (κ3) is 1.90. The molecule has 1 aromatic carbocycles. The van der Waals surface area contributed by atoms with Gasteiger partial charge in [0.1, 0.15) is 12.6 Å². The summed E-state index contributed by atoms with van der Waals surface area (Å²) in [6.07, 6.45) is 5.72. The zero-order chi connectivity index (χ0) is 15.3. The third-order valence-corrected chi connectivity index (χ3v) is 4.18. The lowest BCUT2D eigenvalue weighted by Crippen LogP contribution is -2.31. The minimum atomic E-state index is 0.835. The number of hydrogen-bond acceptors (Lipinski definition) is 2. The highest BCUT2D eigenvalue weighted by molar-refractivity contribution is 6.05. The van der Waals surface area contributed by atoms with Gasteiger partial charge in [-0.05, 0) is 43.7 Å². The maximum atomic E-state index is 5.96. The van der Waals surface area contributed by atoms with E-state index in [1.54, 1.807) is 12.4 Å². The molecular formula is C19H17N2O+. The Kier molecular flexibility index (Phi) is 2.76. The molecule has 0 unspecified atom stereocenters. The molecule has 3 aromatic heterocycles. The molecule has 0 fully saturated rings. The van der Waals surface area contributed by atoms with Crippen LogP contribution in [0.1, 0.15) is 11.1 Å². The van der Waals surface area contributed by atoms with Crippen molar-refractivity contribution in [1.82, 2.24) is 4.98 Å². The molecular weight excluding hydrogens is 272 g/mol. The summed E-state index contributed by atoms with van der Waals surface area (Å²) in [4.78, 5) is 4.14. The second kappa shape index (κ2) is 4.67. The van der Waals surface area contributed by atoms with Crippen molar-refractivity contribution in [3.63, 3.8) is 0 Å². The second-order valence-electron chi connectivity index (χ2n) is 5.84. The SMILES string of the molecule is Cc1ccc(-c2cc3oc4cnccc4c3cc2C)[n+](C)c1. The largest absolute Gasteiger partial charge is 0.454 e. The molecule has 0 aliphatic rings. The highest BCUT2D eigenvalue weighted by atomic mass is 16.3. The Bertz CT molecular complexity index is 1010. The van der Waals surface area contributed by atoms with Crippen molar-refractivity contribution in [3.8, 4) is 11.3 Å². The van der Waals surface area contributed by atoms with Crippen molar-refractivity contribution in [3.05, 3.63) is 60.0 Å². The van der Waals surface area contributed by atoms with Gasteiger partial charge in [-0.1, -0.05) is 0 Å². The topological polar surface area (TPSA) is 29.9 Å². The van der Waals surface area contributed by atoms with E-state index in [9.17, 15) is 0 Å². The van der Waals surface area contributed by atoms with Gasteiger partial charge in [-0.15, -0.1) is 0 Å². The van der Waals surface area contributed by atoms with Crippen LogP contribution >= 0.6 is 0 Å². The van der Waals surface area contributed by atoms with Gasteiger partial charge in [-0.25, -0.2) is 4.57 Å². The van der Waals surface area contributed by atoms with Crippen molar-refractivity contribution in [2.24, 2.45) is 7.05 Å². The Labute approximate surface area is 128 Å². The van der Waals surface area contributed by atoms with E-state index < -0.39 is 0 Å². The van der Waals surface area contributed by atoms with E-state index in [0.717, 1.165) is 21.9 Å². The number of nitrogens with zero attached hydrogens (tertiary/aromatic N) is 2. The molecule has 0 aliphatic carbocycles. The van der Waals surface area contributed by atoms with Gasteiger partial charge < -0.3 is 4.42 Å². The van der Waals surface area contributed by atoms with Crippen LogP contribution < -0.4 is 4.57 Å². The van der Waals surface area contributed by atoms with Crippen LogP contribution in [0.5, 0.6) is 0 Å². The Balaban J connectivity index is 2.02. The normalized spacial score (nSPS) is 11.4. The van der Waals surface area contributed by atoms with Crippen molar-refractivity contribution < 1.29 is 8.98 Å². The van der Waals surface area contributed by atoms with Crippen molar-refractivity contribution in [2.45, 2.75) is 13.8 Å². The number of benzene rings is 1. The molecule has 3 nitrogen and oxygen atoms in total. The van der Waals surface area contributed by atoms with E-state index in [1.807, 2.05) is 6.07 Å². The van der Waals surface area contributed by atoms with Crippen LogP contribution in [0.3, 0.4) is 0 Å². The molecule has 4 aromatic rings. The number of aryl methyl sites for hydroxylation is 3. The molecule has 0 saturated carbocycles. The second-order valence-corrected chi connectivity index (χ2v) is 5.84. The molecule has 4 rings (SSSR count). The Morgan fingerprint density at radius 2 is 1.86 bits per heavy atom. The Hall–Kier alpha value is -2.68. The molecule has 22 heavy (non-hydrogen) atoms. The number of rotatable bonds is 1. The van der Waals surface area contributed by atoms with Gasteiger partial charge in [0.15, 0.2) is 11.8 Å². The fourth-order valence-electron chi connectivity index (χ4n) is 3.09. The molecule has 0 bridgehead atoms. The van der Waals surface area contributed by atoms with Gasteiger partial charge in [-0.3, -0.25) is 4.98 Å². The standard InChI is InChI=1S/C19H17N2O/c1-12-4-5-17(21(3)11-12)15-9-18-16(8-13(15)2)14-6-7-20-10-19(14)22-18/h4-11H,1-3H3/q+1. The summed E-state index contributed by atoms with van der Waals surface area (Å²) in [7, 11) is 2.08. The van der Waals surface area contributed by atoms with E-state index in [-0.39, 0.29) is 0 Å². The summed E-state index contributed by atoms with van der Waals surface area (Å²) in [6, 6.07) is 10.6. The van der Waals surface area contributed by atoms with Crippen molar-refractivity contribution in [1.29, 1.82) is 0 Å². The first kappa shape index (κ1) is 13.0. The molecule has 0 spiro atoms. The Morgan fingerprint density at radius 3 is 2.68 bits per heavy atom. The van der Waals surface area contributed by atoms with E-state index in [2.05, 4.69) is 60.9 Å². The summed E-state index contributed by atoms with van der Waals surface area (Å²) < 4.78 is 8.12. The fourth-order valence-corrected chi connectivity index (χ4v) is 3.09. The van der Waals surface area contributed by atoms with Crippen molar-refractivity contribution >= 4 is 21.9 Å². The van der Waals surface area contributed by atoms with Gasteiger partial charge in [0.2, 0.25) is 5.69 Å². The third-order valence-electron chi connectivity index (χ3n) is 4.18. The highest BCUT2D eigenvalue weighted by Crippen LogP contribution is 2.33. The summed E-state index contributed by atoms with van der Waals surface area (Å²) in [5.41, 5.74) is 6.61. The molecule has 3 heteroatoms. The zero-order valence-corrected chi connectivity index (χ0v) is 12.9. The van der Waals surface area contributed by atoms with Crippen LogP contribution in [0, 0.1) is 13.8 Å². The molecule has 0 N–H and O–H groups in total. The van der Waals surface area contributed by atoms with Crippen LogP contribution in [0.15, 0.2) is 53.3 Å². The van der Waals surface area contributed by atoms with E-state index in [0.29, 0.717) is 0 Å². The predicted molar refractivity (Wildman–Crippen MR) is 87.6 cm³/mol. The molecule has 0 aliphatic heterocycles. The number of fused-ring (bicyclic) bond motifs is 3. The van der Waals surface area contributed by atoms with Gasteiger partial charge >= 0.3 is 0 Å². The minimum Gasteiger partial charge on any atom is -0.454 e. The summed E-state index contributed by atoms with van der Waals surface area (Å²) in [6.45, 7) is 4.25. The van der Waals surface area contributed by atoms with Crippen LogP contribution in [0.25, 0.3) is 33.2 Å². The maximum absolute atomic E-state index is 5.96. The van der Waals surface area contributed by atoms with E-state index in [4.69, 9.17) is 4.42 Å². The fraction of sp³-hybridized carbons (Fsp3) is 0.158. The van der Waals surface area contributed by atoms with Crippen LogP contribution in [0.4, 0.5) is 0 Å². The van der Waals surface area contributed by atoms with Gasteiger partial charge in [-0.2, -0.15) is 0 Å². The van der Waals surface area contributed by atoms with E-state index in [1.165, 1.54) is 22.4 Å². The predicted octanol–water partition coefficient (Wildman–Crippen LogP) is 4.09. The maximum Gasteiger partial charge on any atom is 0.212 e. The number of aromatic nitrogens is 2. The smallest absolute Gasteiger partial charge is 0.212 e. The van der Waals surface area contributed by atoms with E-state index >= 15 is 0 Å². The van der Waals surface area contributed by atoms with Gasteiger partial charge in [0.25, 0.3) is 0 Å². The molecule has 108 valence electrons. The first-order valence-corrected chi connectivity index (χ1v) is 7.37. The highest BCUT2D eigenvalue weighted by Gasteiger charge is 2.16. The Morgan fingerprint density at radius 1 is 1.00 bits per heavy atom. The average Bonchev–Trinajstić information content (AvgIpc) is 2.85. The average molecular weight is 289 g/mol. The zero-order valence-electron chi connectivity index (χ0n) is 12.9. The van der Waals surface area contributed by atoms with Crippen LogP contribution in [-0.2, 0) is 7.05 Å².